The molecule has 0 unspecified atom stereocenters. The van der Waals surface area contributed by atoms with Crippen LogP contribution in [0.1, 0.15) is 12.8 Å². The molecule has 0 saturated carbocycles. The maximum Gasteiger partial charge on any atom is 0.273 e. The van der Waals surface area contributed by atoms with Crippen LogP contribution in [0.25, 0.3) is 0 Å². The largest absolute Gasteiger partial charge is 0.327 e. The molecule has 1 nitrogen and oxygen atoms in total. The maximum atomic E-state index is 12.9. The van der Waals surface area contributed by atoms with Gasteiger partial charge in [-0.05, 0) is 12.0 Å². The minimum atomic E-state index is -2.68. The van der Waals surface area contributed by atoms with E-state index in [4.69, 9.17) is 5.73 Å². The minimum absolute atomic E-state index is 0.0417. The first-order chi connectivity index (χ1) is 5.11. The van der Waals surface area contributed by atoms with Gasteiger partial charge in [0, 0.05) is 18.5 Å². The molecule has 0 saturated heterocycles. The second-order valence-corrected chi connectivity index (χ2v) is 2.63. The molecule has 1 rings (SSSR count). The summed E-state index contributed by atoms with van der Waals surface area (Å²) in [6, 6.07) is 0. The molecule has 0 spiro atoms. The van der Waals surface area contributed by atoms with Crippen molar-refractivity contribution in [3.63, 3.8) is 0 Å². The second-order valence-electron chi connectivity index (χ2n) is 2.63. The maximum absolute atomic E-state index is 12.9. The summed E-state index contributed by atoms with van der Waals surface area (Å²) in [5.41, 5.74) is 5.97. The molecule has 0 aliphatic heterocycles. The van der Waals surface area contributed by atoms with Crippen LogP contribution in [0.15, 0.2) is 23.8 Å². The van der Waals surface area contributed by atoms with Crippen molar-refractivity contribution in [2.45, 2.75) is 18.8 Å². The Morgan fingerprint density at radius 2 is 2.27 bits per heavy atom. The molecule has 3 heteroatoms. The Balaban J connectivity index is 2.97. The van der Waals surface area contributed by atoms with Crippen molar-refractivity contribution in [1.82, 2.24) is 0 Å². The van der Waals surface area contributed by atoms with Crippen LogP contribution in [0.5, 0.6) is 0 Å². The number of hydrogen-bond acceptors (Lipinski definition) is 1. The van der Waals surface area contributed by atoms with Crippen molar-refractivity contribution < 1.29 is 8.78 Å². The third-order valence-corrected chi connectivity index (χ3v) is 1.97. The zero-order valence-corrected chi connectivity index (χ0v) is 6.24. The van der Waals surface area contributed by atoms with Gasteiger partial charge < -0.3 is 5.73 Å². The van der Waals surface area contributed by atoms with Crippen LogP contribution in [-0.2, 0) is 0 Å². The summed E-state index contributed by atoms with van der Waals surface area (Å²) < 4.78 is 25.7. The highest BCUT2D eigenvalue weighted by atomic mass is 19.3. The Bertz CT molecular complexity index is 206. The third kappa shape index (κ3) is 1.33. The number of alkyl halides is 2. The Morgan fingerprint density at radius 3 is 2.64 bits per heavy atom. The molecule has 0 fully saturated rings. The Labute approximate surface area is 64.6 Å². The van der Waals surface area contributed by atoms with Gasteiger partial charge >= 0.3 is 0 Å². The average Bonchev–Trinajstić information content (AvgIpc) is 2.24. The fourth-order valence-electron chi connectivity index (χ4n) is 1.34. The van der Waals surface area contributed by atoms with E-state index in [1.807, 2.05) is 0 Å². The molecule has 1 aliphatic carbocycles. The zero-order valence-electron chi connectivity index (χ0n) is 6.24. The zero-order chi connectivity index (χ0) is 8.48. The van der Waals surface area contributed by atoms with E-state index in [1.165, 1.54) is 6.08 Å². The second kappa shape index (κ2) is 2.74. The van der Waals surface area contributed by atoms with Crippen LogP contribution < -0.4 is 5.73 Å². The molecule has 0 amide bonds. The molecule has 0 bridgehead atoms. The molecule has 0 radical (unpaired) electrons. The molecule has 0 heterocycles. The Hall–Kier alpha value is -0.700. The van der Waals surface area contributed by atoms with E-state index in [2.05, 4.69) is 6.58 Å². The lowest BCUT2D eigenvalue weighted by atomic mass is 10.1. The average molecular weight is 159 g/mol. The van der Waals surface area contributed by atoms with Gasteiger partial charge in [0.15, 0.2) is 0 Å². The van der Waals surface area contributed by atoms with Crippen molar-refractivity contribution in [3.8, 4) is 0 Å². The minimum Gasteiger partial charge on any atom is -0.327 e. The van der Waals surface area contributed by atoms with E-state index in [0.29, 0.717) is 12.0 Å². The number of nitrogens with two attached hydrogens (primary N) is 1. The van der Waals surface area contributed by atoms with E-state index in [1.54, 1.807) is 0 Å². The smallest absolute Gasteiger partial charge is 0.273 e. The van der Waals surface area contributed by atoms with Crippen LogP contribution in [0.4, 0.5) is 8.78 Å². The van der Waals surface area contributed by atoms with Crippen molar-refractivity contribution in [3.05, 3.63) is 23.8 Å². The molecule has 0 aromatic carbocycles. The summed E-state index contributed by atoms with van der Waals surface area (Å²) in [4.78, 5) is 0. The first kappa shape index (κ1) is 8.40. The van der Waals surface area contributed by atoms with Crippen molar-refractivity contribution in [1.29, 1.82) is 0 Å². The number of allylic oxidation sites excluding steroid dienone is 2. The molecule has 2 N–H and O–H groups in total. The predicted octanol–water partition coefficient (Wildman–Crippen LogP) is 1.86. The normalized spacial score (nSPS) is 22.5. The van der Waals surface area contributed by atoms with Crippen LogP contribution in [0, 0.1) is 0 Å². The molecule has 0 atom stereocenters. The van der Waals surface area contributed by atoms with Crippen LogP contribution in [0.3, 0.4) is 0 Å². The Morgan fingerprint density at radius 1 is 1.64 bits per heavy atom. The lowest BCUT2D eigenvalue weighted by Crippen LogP contribution is -2.13. The van der Waals surface area contributed by atoms with Crippen LogP contribution in [-0.4, -0.2) is 12.5 Å². The monoisotopic (exact) mass is 159 g/mol. The number of rotatable bonds is 2. The van der Waals surface area contributed by atoms with Gasteiger partial charge in [0.1, 0.15) is 0 Å². The fraction of sp³-hybridized carbons (Fsp3) is 0.500. The van der Waals surface area contributed by atoms with E-state index < -0.39 is 5.92 Å². The van der Waals surface area contributed by atoms with Crippen LogP contribution >= 0.6 is 0 Å². The van der Waals surface area contributed by atoms with Crippen LogP contribution in [0.2, 0.25) is 0 Å². The summed E-state index contributed by atoms with van der Waals surface area (Å²) in [6.07, 6.45) is 1.51. The first-order valence-electron chi connectivity index (χ1n) is 3.54. The molecular formula is C8H11F2N. The third-order valence-electron chi connectivity index (χ3n) is 1.97. The summed E-state index contributed by atoms with van der Waals surface area (Å²) in [5.74, 6) is -2.68. The standard InChI is InChI=1S/C8H11F2N/c1-2-7-6(5-11)3-4-8(7,9)10/h2H,1,3-5,11H2. The van der Waals surface area contributed by atoms with Gasteiger partial charge in [0.2, 0.25) is 0 Å². The van der Waals surface area contributed by atoms with Gasteiger partial charge in [-0.2, -0.15) is 0 Å². The van der Waals surface area contributed by atoms with Crippen molar-refractivity contribution in [2.75, 3.05) is 6.54 Å². The molecule has 0 aromatic rings. The van der Waals surface area contributed by atoms with Gasteiger partial charge in [-0.3, -0.25) is 0 Å². The van der Waals surface area contributed by atoms with E-state index in [0.717, 1.165) is 0 Å². The fourth-order valence-corrected chi connectivity index (χ4v) is 1.34. The molecule has 0 aromatic heterocycles. The number of halogens is 2. The summed E-state index contributed by atoms with van der Waals surface area (Å²) in [7, 11) is 0. The van der Waals surface area contributed by atoms with E-state index in [-0.39, 0.29) is 18.5 Å². The van der Waals surface area contributed by atoms with Gasteiger partial charge in [0.05, 0.1) is 0 Å². The topological polar surface area (TPSA) is 26.0 Å². The summed E-state index contributed by atoms with van der Waals surface area (Å²) in [6.45, 7) is 3.56. The Kier molecular flexibility index (Phi) is 2.09. The molecule has 11 heavy (non-hydrogen) atoms. The lowest BCUT2D eigenvalue weighted by Gasteiger charge is -2.09. The highest BCUT2D eigenvalue weighted by molar-refractivity contribution is 5.36. The van der Waals surface area contributed by atoms with Crippen molar-refractivity contribution in [2.24, 2.45) is 5.73 Å². The molecule has 1 aliphatic rings. The summed E-state index contributed by atoms with van der Waals surface area (Å²) >= 11 is 0. The first-order valence-corrected chi connectivity index (χ1v) is 3.54. The molecular weight excluding hydrogens is 148 g/mol. The quantitative estimate of drug-likeness (QED) is 0.653. The number of hydrogen-bond donors (Lipinski definition) is 1. The summed E-state index contributed by atoms with van der Waals surface area (Å²) in [5, 5.41) is 0. The lowest BCUT2D eigenvalue weighted by molar-refractivity contribution is 0.0467. The van der Waals surface area contributed by atoms with Crippen molar-refractivity contribution >= 4 is 0 Å². The van der Waals surface area contributed by atoms with Gasteiger partial charge in [0.25, 0.3) is 5.92 Å². The van der Waals surface area contributed by atoms with Gasteiger partial charge in [-0.15, -0.1) is 0 Å². The van der Waals surface area contributed by atoms with E-state index in [9.17, 15) is 8.78 Å². The van der Waals surface area contributed by atoms with Gasteiger partial charge in [-0.1, -0.05) is 12.7 Å². The van der Waals surface area contributed by atoms with E-state index >= 15 is 0 Å². The predicted molar refractivity (Wildman–Crippen MR) is 40.5 cm³/mol. The SMILES string of the molecule is C=CC1=C(CN)CCC1(F)F. The molecule has 62 valence electrons. The highest BCUT2D eigenvalue weighted by Gasteiger charge is 2.38. The van der Waals surface area contributed by atoms with Gasteiger partial charge in [-0.25, -0.2) is 8.78 Å². The highest BCUT2D eigenvalue weighted by Crippen LogP contribution is 2.39.